The molecule has 1 atom stereocenters. The molecule has 0 bridgehead atoms. The molecule has 0 saturated carbocycles. The molecule has 21 heavy (non-hydrogen) atoms. The molecule has 0 amide bonds. The number of sulfonamides is 1. The highest BCUT2D eigenvalue weighted by molar-refractivity contribution is 7.89. The molecule has 1 aliphatic rings. The first-order valence-corrected chi connectivity index (χ1v) is 8.42. The van der Waals surface area contributed by atoms with Gasteiger partial charge in [-0.2, -0.15) is 0 Å². The van der Waals surface area contributed by atoms with Gasteiger partial charge in [-0.3, -0.25) is 0 Å². The highest BCUT2D eigenvalue weighted by Crippen LogP contribution is 2.34. The largest absolute Gasteiger partial charge is 0.493 e. The second kappa shape index (κ2) is 5.67. The van der Waals surface area contributed by atoms with Gasteiger partial charge in [0, 0.05) is 17.0 Å². The van der Waals surface area contributed by atoms with Gasteiger partial charge in [-0.1, -0.05) is 29.8 Å². The average molecular weight is 324 g/mol. The Morgan fingerprint density at radius 3 is 2.67 bits per heavy atom. The van der Waals surface area contributed by atoms with Gasteiger partial charge in [0.25, 0.3) is 0 Å². The van der Waals surface area contributed by atoms with E-state index in [1.54, 1.807) is 48.5 Å². The predicted molar refractivity (Wildman–Crippen MR) is 81.1 cm³/mol. The fraction of sp³-hybridized carbons (Fsp3) is 0.200. The highest BCUT2D eigenvalue weighted by atomic mass is 35.5. The molecular weight excluding hydrogens is 310 g/mol. The molecule has 2 aromatic rings. The molecule has 0 fully saturated rings. The fourth-order valence-corrected chi connectivity index (χ4v) is 3.79. The van der Waals surface area contributed by atoms with Gasteiger partial charge in [0.2, 0.25) is 10.0 Å². The molecule has 1 heterocycles. The van der Waals surface area contributed by atoms with Crippen LogP contribution in [0, 0.1) is 0 Å². The van der Waals surface area contributed by atoms with Crippen molar-refractivity contribution in [3.05, 3.63) is 59.1 Å². The van der Waals surface area contributed by atoms with Gasteiger partial charge in [0.05, 0.1) is 17.5 Å². The minimum Gasteiger partial charge on any atom is -0.493 e. The number of fused-ring (bicyclic) bond motifs is 1. The minimum atomic E-state index is -3.56. The zero-order chi connectivity index (χ0) is 14.9. The van der Waals surface area contributed by atoms with Crippen molar-refractivity contribution < 1.29 is 13.2 Å². The molecule has 0 aliphatic carbocycles. The molecule has 0 spiro atoms. The van der Waals surface area contributed by atoms with Crippen molar-refractivity contribution in [1.82, 2.24) is 4.72 Å². The smallest absolute Gasteiger partial charge is 0.241 e. The summed E-state index contributed by atoms with van der Waals surface area (Å²) in [5, 5.41) is 0.558. The molecule has 4 nitrogen and oxygen atoms in total. The molecule has 110 valence electrons. The molecular formula is C15H14ClNO3S. The molecule has 1 unspecified atom stereocenters. The van der Waals surface area contributed by atoms with E-state index in [-0.39, 0.29) is 10.9 Å². The number of halogens is 1. The van der Waals surface area contributed by atoms with Crippen molar-refractivity contribution in [2.75, 3.05) is 6.61 Å². The molecule has 2 aromatic carbocycles. The Morgan fingerprint density at radius 1 is 1.14 bits per heavy atom. The third-order valence-electron chi connectivity index (χ3n) is 3.36. The molecule has 0 saturated heterocycles. The van der Waals surface area contributed by atoms with Crippen molar-refractivity contribution >= 4 is 21.6 Å². The summed E-state index contributed by atoms with van der Waals surface area (Å²) in [5.74, 6) is 0.673. The van der Waals surface area contributed by atoms with Crippen molar-refractivity contribution in [1.29, 1.82) is 0 Å². The van der Waals surface area contributed by atoms with E-state index in [0.29, 0.717) is 23.8 Å². The SMILES string of the molecule is O=S(=O)(NC1CCOc2ccc(Cl)cc21)c1ccccc1. The van der Waals surface area contributed by atoms with E-state index in [0.717, 1.165) is 5.56 Å². The maximum absolute atomic E-state index is 12.4. The van der Waals surface area contributed by atoms with E-state index < -0.39 is 10.0 Å². The van der Waals surface area contributed by atoms with Crippen molar-refractivity contribution in [2.24, 2.45) is 0 Å². The van der Waals surface area contributed by atoms with E-state index in [9.17, 15) is 8.42 Å². The van der Waals surface area contributed by atoms with Crippen LogP contribution in [0.15, 0.2) is 53.4 Å². The van der Waals surface area contributed by atoms with Gasteiger partial charge >= 0.3 is 0 Å². The summed E-state index contributed by atoms with van der Waals surface area (Å²) < 4.78 is 33.1. The maximum Gasteiger partial charge on any atom is 0.241 e. The molecule has 0 aromatic heterocycles. The van der Waals surface area contributed by atoms with Crippen LogP contribution in [0.5, 0.6) is 5.75 Å². The van der Waals surface area contributed by atoms with Crippen LogP contribution in [0.25, 0.3) is 0 Å². The Bertz CT molecular complexity index is 747. The van der Waals surface area contributed by atoms with Gasteiger partial charge < -0.3 is 4.74 Å². The van der Waals surface area contributed by atoms with Crippen LogP contribution in [0.2, 0.25) is 5.02 Å². The van der Waals surface area contributed by atoms with Crippen molar-refractivity contribution in [3.63, 3.8) is 0 Å². The van der Waals surface area contributed by atoms with Crippen LogP contribution < -0.4 is 9.46 Å². The summed E-state index contributed by atoms with van der Waals surface area (Å²) in [7, 11) is -3.56. The van der Waals surface area contributed by atoms with Crippen LogP contribution in [0.1, 0.15) is 18.0 Å². The van der Waals surface area contributed by atoms with Crippen LogP contribution in [0.3, 0.4) is 0 Å². The van der Waals surface area contributed by atoms with Gasteiger partial charge in [-0.05, 0) is 30.3 Å². The van der Waals surface area contributed by atoms with Gasteiger partial charge in [-0.25, -0.2) is 13.1 Å². The lowest BCUT2D eigenvalue weighted by Crippen LogP contribution is -2.32. The first kappa shape index (κ1) is 14.4. The van der Waals surface area contributed by atoms with Crippen LogP contribution in [-0.2, 0) is 10.0 Å². The lowest BCUT2D eigenvalue weighted by atomic mass is 10.0. The average Bonchev–Trinajstić information content (AvgIpc) is 2.48. The number of ether oxygens (including phenoxy) is 1. The predicted octanol–water partition coefficient (Wildman–Crippen LogP) is 3.14. The summed E-state index contributed by atoms with van der Waals surface area (Å²) in [4.78, 5) is 0.250. The number of hydrogen-bond donors (Lipinski definition) is 1. The second-order valence-electron chi connectivity index (χ2n) is 4.81. The number of nitrogens with one attached hydrogen (secondary N) is 1. The van der Waals surface area contributed by atoms with E-state index in [1.165, 1.54) is 0 Å². The maximum atomic E-state index is 12.4. The Hall–Kier alpha value is -1.56. The Labute approximate surface area is 128 Å². The first-order valence-electron chi connectivity index (χ1n) is 6.56. The third-order valence-corrected chi connectivity index (χ3v) is 5.08. The third kappa shape index (κ3) is 3.05. The quantitative estimate of drug-likeness (QED) is 0.944. The fourth-order valence-electron chi connectivity index (χ4n) is 2.34. The van der Waals surface area contributed by atoms with Crippen LogP contribution in [-0.4, -0.2) is 15.0 Å². The summed E-state index contributed by atoms with van der Waals surface area (Å²) in [6, 6.07) is 13.2. The minimum absolute atomic E-state index is 0.250. The van der Waals surface area contributed by atoms with E-state index in [1.807, 2.05) is 0 Å². The van der Waals surface area contributed by atoms with Gasteiger partial charge in [0.1, 0.15) is 5.75 Å². The summed E-state index contributed by atoms with van der Waals surface area (Å²) in [6.45, 7) is 0.469. The Kier molecular flexibility index (Phi) is 3.89. The summed E-state index contributed by atoms with van der Waals surface area (Å²) >= 11 is 6.00. The second-order valence-corrected chi connectivity index (χ2v) is 6.96. The van der Waals surface area contributed by atoms with Gasteiger partial charge in [-0.15, -0.1) is 0 Å². The molecule has 1 aliphatic heterocycles. The van der Waals surface area contributed by atoms with E-state index in [4.69, 9.17) is 16.3 Å². The van der Waals surface area contributed by atoms with Crippen LogP contribution in [0.4, 0.5) is 0 Å². The monoisotopic (exact) mass is 323 g/mol. The zero-order valence-electron chi connectivity index (χ0n) is 11.1. The highest BCUT2D eigenvalue weighted by Gasteiger charge is 2.26. The Morgan fingerprint density at radius 2 is 1.90 bits per heavy atom. The van der Waals surface area contributed by atoms with E-state index in [2.05, 4.69) is 4.72 Å². The molecule has 1 N–H and O–H groups in total. The molecule has 0 radical (unpaired) electrons. The lowest BCUT2D eigenvalue weighted by molar-refractivity contribution is 0.263. The first-order chi connectivity index (χ1) is 10.1. The molecule has 6 heteroatoms. The standard InChI is InChI=1S/C15H14ClNO3S/c16-11-6-7-15-13(10-11)14(8-9-20-15)17-21(18,19)12-4-2-1-3-5-12/h1-7,10,14,17H,8-9H2. The number of benzene rings is 2. The summed E-state index contributed by atoms with van der Waals surface area (Å²) in [6.07, 6.45) is 0.569. The van der Waals surface area contributed by atoms with Crippen molar-refractivity contribution in [2.45, 2.75) is 17.4 Å². The van der Waals surface area contributed by atoms with E-state index >= 15 is 0 Å². The van der Waals surface area contributed by atoms with Crippen LogP contribution >= 0.6 is 11.6 Å². The Balaban J connectivity index is 1.92. The van der Waals surface area contributed by atoms with Gasteiger partial charge in [0.15, 0.2) is 0 Å². The zero-order valence-corrected chi connectivity index (χ0v) is 12.7. The number of hydrogen-bond acceptors (Lipinski definition) is 3. The molecule has 3 rings (SSSR count). The normalized spacial score (nSPS) is 17.9. The van der Waals surface area contributed by atoms with Crippen molar-refractivity contribution in [3.8, 4) is 5.75 Å². The summed E-state index contributed by atoms with van der Waals surface area (Å²) in [5.41, 5.74) is 0.772. The lowest BCUT2D eigenvalue weighted by Gasteiger charge is -2.26. The number of rotatable bonds is 3. The topological polar surface area (TPSA) is 55.4 Å².